The van der Waals surface area contributed by atoms with Gasteiger partial charge in [-0.2, -0.15) is 0 Å². The summed E-state index contributed by atoms with van der Waals surface area (Å²) in [5, 5.41) is 9.98. The molecule has 0 aliphatic carbocycles. The summed E-state index contributed by atoms with van der Waals surface area (Å²) in [7, 11) is 0. The highest BCUT2D eigenvalue weighted by Crippen LogP contribution is 2.26. The van der Waals surface area contributed by atoms with E-state index in [0.29, 0.717) is 15.1 Å². The maximum Gasteiger partial charge on any atom is 0.254 e. The van der Waals surface area contributed by atoms with Crippen molar-refractivity contribution in [2.45, 2.75) is 18.6 Å². The second kappa shape index (κ2) is 5.48. The Labute approximate surface area is 123 Å². The maximum absolute atomic E-state index is 12.3. The number of carbonyl (C=O) groups excluding carboxylic acids is 2. The van der Waals surface area contributed by atoms with E-state index in [4.69, 9.17) is 17.3 Å². The van der Waals surface area contributed by atoms with Gasteiger partial charge in [0.05, 0.1) is 11.1 Å². The van der Waals surface area contributed by atoms with E-state index in [2.05, 4.69) is 15.9 Å². The molecule has 0 saturated carbocycles. The lowest BCUT2D eigenvalue weighted by Crippen LogP contribution is -2.43. The number of aliphatic hydroxyl groups excluding tert-OH is 1. The molecule has 0 spiro atoms. The van der Waals surface area contributed by atoms with Crippen LogP contribution >= 0.6 is 27.5 Å². The second-order valence-corrected chi connectivity index (χ2v) is 5.66. The first-order valence-electron chi connectivity index (χ1n) is 5.63. The van der Waals surface area contributed by atoms with E-state index < -0.39 is 18.1 Å². The first-order chi connectivity index (χ1) is 8.90. The van der Waals surface area contributed by atoms with E-state index in [-0.39, 0.29) is 18.9 Å². The Morgan fingerprint density at radius 1 is 1.47 bits per heavy atom. The number of nitrogens with zero attached hydrogens (tertiary/aromatic N) is 1. The van der Waals surface area contributed by atoms with Gasteiger partial charge in [-0.25, -0.2) is 0 Å². The fraction of sp³-hybridized carbons (Fsp3) is 0.333. The smallest absolute Gasteiger partial charge is 0.254 e. The largest absolute Gasteiger partial charge is 0.391 e. The van der Waals surface area contributed by atoms with Gasteiger partial charge in [-0.1, -0.05) is 11.6 Å². The highest BCUT2D eigenvalue weighted by molar-refractivity contribution is 9.10. The molecule has 2 rings (SSSR count). The molecule has 1 saturated heterocycles. The van der Waals surface area contributed by atoms with E-state index in [1.54, 1.807) is 12.1 Å². The quantitative estimate of drug-likeness (QED) is 0.842. The van der Waals surface area contributed by atoms with Gasteiger partial charge in [-0.15, -0.1) is 0 Å². The van der Waals surface area contributed by atoms with E-state index in [0.717, 1.165) is 0 Å². The van der Waals surface area contributed by atoms with Crippen molar-refractivity contribution in [2.75, 3.05) is 6.54 Å². The number of carbonyl (C=O) groups is 2. The van der Waals surface area contributed by atoms with Crippen LogP contribution in [0.25, 0.3) is 0 Å². The number of amides is 2. The molecule has 7 heteroatoms. The van der Waals surface area contributed by atoms with E-state index >= 15 is 0 Å². The van der Waals surface area contributed by atoms with Gasteiger partial charge in [-0.3, -0.25) is 9.59 Å². The van der Waals surface area contributed by atoms with Crippen molar-refractivity contribution in [1.29, 1.82) is 0 Å². The van der Waals surface area contributed by atoms with Crippen molar-refractivity contribution in [1.82, 2.24) is 4.90 Å². The molecule has 0 aromatic heterocycles. The molecule has 0 radical (unpaired) electrons. The monoisotopic (exact) mass is 346 g/mol. The zero-order valence-corrected chi connectivity index (χ0v) is 12.2. The lowest BCUT2D eigenvalue weighted by molar-refractivity contribution is -0.121. The lowest BCUT2D eigenvalue weighted by Gasteiger charge is -2.22. The van der Waals surface area contributed by atoms with Crippen LogP contribution in [-0.2, 0) is 4.79 Å². The van der Waals surface area contributed by atoms with Crippen LogP contribution in [0.15, 0.2) is 22.7 Å². The molecular formula is C12H12BrClN2O3. The van der Waals surface area contributed by atoms with Crippen molar-refractivity contribution < 1.29 is 14.7 Å². The number of likely N-dealkylation sites (tertiary alicyclic amines) is 1. The molecule has 19 heavy (non-hydrogen) atoms. The number of benzene rings is 1. The van der Waals surface area contributed by atoms with E-state index in [1.807, 2.05) is 0 Å². The standard InChI is InChI=1S/C12H12BrClN2O3/c13-8-2-1-6(3-9(8)14)12(19)16-5-7(17)4-10(16)11(15)18/h1-3,7,10,17H,4-5H2,(H2,15,18). The van der Waals surface area contributed by atoms with Gasteiger partial charge in [0.1, 0.15) is 6.04 Å². The summed E-state index contributed by atoms with van der Waals surface area (Å²) in [6.07, 6.45) is -0.557. The minimum Gasteiger partial charge on any atom is -0.391 e. The average Bonchev–Trinajstić information content (AvgIpc) is 2.74. The molecule has 102 valence electrons. The summed E-state index contributed by atoms with van der Waals surface area (Å²) in [5.74, 6) is -0.983. The summed E-state index contributed by atoms with van der Waals surface area (Å²) in [5.41, 5.74) is 5.60. The van der Waals surface area contributed by atoms with Crippen LogP contribution in [0.4, 0.5) is 0 Å². The molecule has 0 bridgehead atoms. The van der Waals surface area contributed by atoms with E-state index in [1.165, 1.54) is 11.0 Å². The van der Waals surface area contributed by atoms with Crippen LogP contribution in [0, 0.1) is 0 Å². The van der Waals surface area contributed by atoms with Gasteiger partial charge >= 0.3 is 0 Å². The van der Waals surface area contributed by atoms with Gasteiger partial charge in [0.15, 0.2) is 0 Å². The maximum atomic E-state index is 12.3. The summed E-state index contributed by atoms with van der Waals surface area (Å²) >= 11 is 9.17. The first kappa shape index (κ1) is 14.3. The normalized spacial score (nSPS) is 22.6. The second-order valence-electron chi connectivity index (χ2n) is 4.39. The van der Waals surface area contributed by atoms with Gasteiger partial charge in [0, 0.05) is 23.0 Å². The minimum absolute atomic E-state index is 0.0973. The predicted octanol–water partition coefficient (Wildman–Crippen LogP) is 1.16. The topological polar surface area (TPSA) is 83.6 Å². The van der Waals surface area contributed by atoms with Crippen molar-refractivity contribution in [3.63, 3.8) is 0 Å². The molecular weight excluding hydrogens is 336 g/mol. The predicted molar refractivity (Wildman–Crippen MR) is 73.8 cm³/mol. The fourth-order valence-corrected chi connectivity index (χ4v) is 2.53. The Balaban J connectivity index is 2.27. The number of β-amino-alcohol motifs (C(OH)–C–C–N with tert-alkyl or cyclic N) is 1. The minimum atomic E-state index is -0.773. The van der Waals surface area contributed by atoms with Crippen molar-refractivity contribution in [3.05, 3.63) is 33.3 Å². The molecule has 1 aliphatic heterocycles. The number of nitrogens with two attached hydrogens (primary N) is 1. The summed E-state index contributed by atoms with van der Waals surface area (Å²) in [6.45, 7) is 0.0973. The first-order valence-corrected chi connectivity index (χ1v) is 6.80. The molecule has 5 nitrogen and oxygen atoms in total. The molecule has 1 aliphatic rings. The van der Waals surface area contributed by atoms with Crippen LogP contribution in [0.1, 0.15) is 16.8 Å². The molecule has 2 amide bonds. The molecule has 1 heterocycles. The molecule has 2 unspecified atom stereocenters. The Morgan fingerprint density at radius 2 is 2.16 bits per heavy atom. The van der Waals surface area contributed by atoms with Crippen LogP contribution in [0.2, 0.25) is 5.02 Å². The van der Waals surface area contributed by atoms with Crippen LogP contribution in [-0.4, -0.2) is 40.5 Å². The summed E-state index contributed by atoms with van der Waals surface area (Å²) in [4.78, 5) is 24.9. The zero-order valence-electron chi connectivity index (χ0n) is 9.85. The zero-order chi connectivity index (χ0) is 14.2. The summed E-state index contributed by atoms with van der Waals surface area (Å²) in [6, 6.07) is 3.99. The highest BCUT2D eigenvalue weighted by Gasteiger charge is 2.38. The number of halogens is 2. The van der Waals surface area contributed by atoms with Crippen molar-refractivity contribution in [3.8, 4) is 0 Å². The Hall–Kier alpha value is -1.11. The number of aliphatic hydroxyl groups is 1. The van der Waals surface area contributed by atoms with Gasteiger partial charge < -0.3 is 15.7 Å². The molecule has 3 N–H and O–H groups in total. The number of rotatable bonds is 2. The third kappa shape index (κ3) is 2.91. The van der Waals surface area contributed by atoms with Crippen LogP contribution in [0.3, 0.4) is 0 Å². The van der Waals surface area contributed by atoms with Gasteiger partial charge in [-0.05, 0) is 34.1 Å². The Morgan fingerprint density at radius 3 is 2.74 bits per heavy atom. The molecule has 1 aromatic rings. The molecule has 2 atom stereocenters. The number of primary amides is 1. The summed E-state index contributed by atoms with van der Waals surface area (Å²) < 4.78 is 0.679. The third-order valence-electron chi connectivity index (χ3n) is 3.03. The Bertz CT molecular complexity index is 538. The Kier molecular flexibility index (Phi) is 4.13. The third-order valence-corrected chi connectivity index (χ3v) is 4.27. The molecule has 1 aromatic carbocycles. The van der Waals surface area contributed by atoms with Crippen molar-refractivity contribution >= 4 is 39.3 Å². The van der Waals surface area contributed by atoms with Gasteiger partial charge in [0.2, 0.25) is 5.91 Å². The highest BCUT2D eigenvalue weighted by atomic mass is 79.9. The SMILES string of the molecule is NC(=O)C1CC(O)CN1C(=O)c1ccc(Br)c(Cl)c1. The number of hydrogen-bond donors (Lipinski definition) is 2. The average molecular weight is 348 g/mol. The lowest BCUT2D eigenvalue weighted by atomic mass is 10.1. The molecule has 1 fully saturated rings. The van der Waals surface area contributed by atoms with Crippen LogP contribution < -0.4 is 5.73 Å². The van der Waals surface area contributed by atoms with Crippen molar-refractivity contribution in [2.24, 2.45) is 5.73 Å². The van der Waals surface area contributed by atoms with Gasteiger partial charge in [0.25, 0.3) is 5.91 Å². The van der Waals surface area contributed by atoms with E-state index in [9.17, 15) is 14.7 Å². The van der Waals surface area contributed by atoms with Crippen LogP contribution in [0.5, 0.6) is 0 Å². The number of hydrogen-bond acceptors (Lipinski definition) is 3. The fourth-order valence-electron chi connectivity index (χ4n) is 2.10.